The zero-order valence-corrected chi connectivity index (χ0v) is 18.2. The number of carbonyl (C=O) groups excluding carboxylic acids is 1. The summed E-state index contributed by atoms with van der Waals surface area (Å²) in [6, 6.07) is 2.82. The second-order valence-electron chi connectivity index (χ2n) is 7.05. The highest BCUT2D eigenvalue weighted by Crippen LogP contribution is 2.37. The molecule has 1 aromatic heterocycles. The molecule has 1 amide bonds. The molecule has 1 fully saturated rings. The Bertz CT molecular complexity index is 926. The van der Waals surface area contributed by atoms with Gasteiger partial charge in [-0.25, -0.2) is 9.78 Å². The van der Waals surface area contributed by atoms with Crippen molar-refractivity contribution in [3.8, 4) is 11.5 Å². The minimum atomic E-state index is -1.19. The van der Waals surface area contributed by atoms with Crippen LogP contribution in [0.5, 0.6) is 11.5 Å². The number of aryl methyl sites for hydroxylation is 1. The van der Waals surface area contributed by atoms with Crippen molar-refractivity contribution in [3.63, 3.8) is 0 Å². The van der Waals surface area contributed by atoms with Crippen LogP contribution in [0, 0.1) is 0 Å². The third-order valence-corrected chi connectivity index (χ3v) is 5.15. The van der Waals surface area contributed by atoms with Gasteiger partial charge in [0.15, 0.2) is 0 Å². The number of aromatic amines is 1. The number of ether oxygens (including phenoxy) is 1. The summed E-state index contributed by atoms with van der Waals surface area (Å²) in [6.45, 7) is 0.676. The molecule has 10 nitrogen and oxygen atoms in total. The van der Waals surface area contributed by atoms with Gasteiger partial charge in [0, 0.05) is 0 Å². The second kappa shape index (κ2) is 10.2. The van der Waals surface area contributed by atoms with Gasteiger partial charge in [0.05, 0.1) is 31.3 Å². The summed E-state index contributed by atoms with van der Waals surface area (Å²) in [7, 11) is 0.659. The van der Waals surface area contributed by atoms with Gasteiger partial charge in [-0.3, -0.25) is 4.79 Å². The van der Waals surface area contributed by atoms with Gasteiger partial charge in [-0.15, -0.1) is 24.8 Å². The lowest BCUT2D eigenvalue weighted by Crippen LogP contribution is -2.58. The number of aromatic carboxylic acids is 1. The standard InChI is InChI=1S/C18H21BN4O6.2ClH/c1-20-15(12-6-21-9-22-12)17(24)23-7-11(8-23)28-13-3-2-10-4-5-19(27)29-16(10)14(13)18(25)26;;/h2-3,6,9,11,15,20,27H,4-5,7-8H2,1H3,(H,21,22)(H,25,26);2*1H. The Hall–Kier alpha value is -2.47. The average molecular weight is 473 g/mol. The average Bonchev–Trinajstić information content (AvgIpc) is 3.18. The number of H-pyrrole nitrogens is 1. The number of nitrogens with one attached hydrogen (secondary N) is 2. The number of fused-ring (bicyclic) bond motifs is 1. The normalized spacial score (nSPS) is 16.1. The van der Waals surface area contributed by atoms with Gasteiger partial charge in [0.25, 0.3) is 0 Å². The van der Waals surface area contributed by atoms with E-state index in [0.29, 0.717) is 31.5 Å². The first-order chi connectivity index (χ1) is 14.0. The van der Waals surface area contributed by atoms with E-state index in [0.717, 1.165) is 5.56 Å². The smallest absolute Gasteiger partial charge is 0.522 e. The van der Waals surface area contributed by atoms with Crippen LogP contribution in [-0.4, -0.2) is 70.2 Å². The summed E-state index contributed by atoms with van der Waals surface area (Å²) >= 11 is 0. The summed E-state index contributed by atoms with van der Waals surface area (Å²) in [4.78, 5) is 33.0. The zero-order chi connectivity index (χ0) is 20.5. The maximum absolute atomic E-state index is 12.7. The zero-order valence-electron chi connectivity index (χ0n) is 16.6. The van der Waals surface area contributed by atoms with Gasteiger partial charge >= 0.3 is 13.1 Å². The maximum atomic E-state index is 12.7. The van der Waals surface area contributed by atoms with Crippen molar-refractivity contribution < 1.29 is 29.1 Å². The first-order valence-electron chi connectivity index (χ1n) is 9.32. The lowest BCUT2D eigenvalue weighted by atomic mass is 9.78. The number of carboxylic acid groups (broad SMARTS) is 1. The molecule has 4 rings (SSSR count). The van der Waals surface area contributed by atoms with Gasteiger partial charge in [0.1, 0.15) is 29.2 Å². The van der Waals surface area contributed by atoms with E-state index in [1.54, 1.807) is 30.3 Å². The van der Waals surface area contributed by atoms with E-state index in [4.69, 9.17) is 9.39 Å². The summed E-state index contributed by atoms with van der Waals surface area (Å²) in [6.07, 6.45) is 3.71. The van der Waals surface area contributed by atoms with Crippen LogP contribution in [0.2, 0.25) is 6.32 Å². The molecule has 0 spiro atoms. The van der Waals surface area contributed by atoms with Crippen molar-refractivity contribution in [2.45, 2.75) is 24.9 Å². The molecule has 0 bridgehead atoms. The maximum Gasteiger partial charge on any atom is 0.522 e. The Kier molecular flexibility index (Phi) is 8.18. The number of carbonyl (C=O) groups is 2. The molecule has 1 atom stereocenters. The topological polar surface area (TPSA) is 137 Å². The number of rotatable bonds is 6. The minimum absolute atomic E-state index is 0. The van der Waals surface area contributed by atoms with Crippen molar-refractivity contribution in [1.82, 2.24) is 20.2 Å². The molecule has 2 aliphatic rings. The highest BCUT2D eigenvalue weighted by molar-refractivity contribution is 6.44. The summed E-state index contributed by atoms with van der Waals surface area (Å²) in [5.41, 5.74) is 1.29. The molecule has 1 saturated heterocycles. The minimum Gasteiger partial charge on any atom is -0.535 e. The molecule has 13 heteroatoms. The number of nitrogens with zero attached hydrogens (tertiary/aromatic N) is 2. The monoisotopic (exact) mass is 472 g/mol. The Morgan fingerprint density at radius 2 is 2.13 bits per heavy atom. The van der Waals surface area contributed by atoms with Crippen molar-refractivity contribution in [2.24, 2.45) is 0 Å². The molecule has 0 aliphatic carbocycles. The van der Waals surface area contributed by atoms with Crippen LogP contribution in [0.3, 0.4) is 0 Å². The SMILES string of the molecule is CNC(C(=O)N1CC(Oc2ccc3c(c2C(=O)O)OB(O)CC3)C1)c1cnc[nH]1.Cl.Cl. The molecule has 1 unspecified atom stereocenters. The number of imidazole rings is 1. The van der Waals surface area contributed by atoms with Crippen LogP contribution in [0.25, 0.3) is 0 Å². The van der Waals surface area contributed by atoms with Gasteiger partial charge in [0.2, 0.25) is 5.91 Å². The fourth-order valence-corrected chi connectivity index (χ4v) is 3.61. The summed E-state index contributed by atoms with van der Waals surface area (Å²) < 4.78 is 11.2. The van der Waals surface area contributed by atoms with Gasteiger partial charge in [-0.2, -0.15) is 0 Å². The first kappa shape index (κ1) is 24.8. The molecular formula is C18H23BCl2N4O6. The van der Waals surface area contributed by atoms with E-state index in [1.807, 2.05) is 0 Å². The number of halogens is 2. The van der Waals surface area contributed by atoms with E-state index in [-0.39, 0.29) is 53.9 Å². The highest BCUT2D eigenvalue weighted by atomic mass is 35.5. The number of carboxylic acids is 1. The fourth-order valence-electron chi connectivity index (χ4n) is 3.61. The van der Waals surface area contributed by atoms with Crippen LogP contribution < -0.4 is 14.7 Å². The lowest BCUT2D eigenvalue weighted by molar-refractivity contribution is -0.142. The van der Waals surface area contributed by atoms with Gasteiger partial charge in [-0.1, -0.05) is 6.07 Å². The van der Waals surface area contributed by atoms with E-state index < -0.39 is 19.1 Å². The molecule has 168 valence electrons. The molecule has 0 radical (unpaired) electrons. The van der Waals surface area contributed by atoms with Gasteiger partial charge < -0.3 is 34.7 Å². The Morgan fingerprint density at radius 1 is 1.39 bits per heavy atom. The van der Waals surface area contributed by atoms with E-state index >= 15 is 0 Å². The van der Waals surface area contributed by atoms with Gasteiger partial charge in [-0.05, 0) is 31.4 Å². The predicted octanol–water partition coefficient (Wildman–Crippen LogP) is 0.917. The van der Waals surface area contributed by atoms with Crippen LogP contribution in [-0.2, 0) is 11.2 Å². The Morgan fingerprint density at radius 3 is 2.74 bits per heavy atom. The molecule has 3 heterocycles. The second-order valence-corrected chi connectivity index (χ2v) is 7.05. The van der Waals surface area contributed by atoms with Crippen molar-refractivity contribution in [3.05, 3.63) is 41.5 Å². The quantitative estimate of drug-likeness (QED) is 0.455. The largest absolute Gasteiger partial charge is 0.535 e. The number of likely N-dealkylation sites (tertiary alicyclic amines) is 1. The molecule has 1 aromatic carbocycles. The fraction of sp³-hybridized carbons (Fsp3) is 0.389. The first-order valence-corrected chi connectivity index (χ1v) is 9.32. The molecule has 31 heavy (non-hydrogen) atoms. The molecular weight excluding hydrogens is 450 g/mol. The van der Waals surface area contributed by atoms with Crippen LogP contribution >= 0.6 is 24.8 Å². The number of aromatic nitrogens is 2. The van der Waals surface area contributed by atoms with Crippen LogP contribution in [0.1, 0.15) is 27.7 Å². The molecule has 2 aromatic rings. The molecule has 0 saturated carbocycles. The Balaban J connectivity index is 0.00000171. The number of benzene rings is 1. The van der Waals surface area contributed by atoms with Crippen molar-refractivity contribution in [2.75, 3.05) is 20.1 Å². The van der Waals surface area contributed by atoms with E-state index in [2.05, 4.69) is 15.3 Å². The summed E-state index contributed by atoms with van der Waals surface area (Å²) in [5.74, 6) is -0.990. The predicted molar refractivity (Wildman–Crippen MR) is 116 cm³/mol. The summed E-state index contributed by atoms with van der Waals surface area (Å²) in [5, 5.41) is 22.3. The van der Waals surface area contributed by atoms with Crippen molar-refractivity contribution in [1.29, 1.82) is 0 Å². The Labute approximate surface area is 191 Å². The number of amides is 1. The van der Waals surface area contributed by atoms with Crippen LogP contribution in [0.4, 0.5) is 0 Å². The van der Waals surface area contributed by atoms with Crippen LogP contribution in [0.15, 0.2) is 24.7 Å². The molecule has 4 N–H and O–H groups in total. The highest BCUT2D eigenvalue weighted by Gasteiger charge is 2.38. The number of hydrogen-bond donors (Lipinski definition) is 4. The number of hydrogen-bond acceptors (Lipinski definition) is 7. The third-order valence-electron chi connectivity index (χ3n) is 5.15. The van der Waals surface area contributed by atoms with E-state index in [9.17, 15) is 19.7 Å². The van der Waals surface area contributed by atoms with Crippen molar-refractivity contribution >= 4 is 43.8 Å². The molecule has 2 aliphatic heterocycles. The van der Waals surface area contributed by atoms with E-state index in [1.165, 1.54) is 6.33 Å². The lowest BCUT2D eigenvalue weighted by Gasteiger charge is -2.40. The third kappa shape index (κ3) is 4.90. The number of likely N-dealkylation sites (N-methyl/N-ethyl adjacent to an activating group) is 1.